The van der Waals surface area contributed by atoms with E-state index in [1.54, 1.807) is 0 Å². The molecule has 2 aromatic rings. The van der Waals surface area contributed by atoms with Crippen LogP contribution in [0.15, 0.2) is 47.6 Å². The molecule has 0 aliphatic carbocycles. The summed E-state index contributed by atoms with van der Waals surface area (Å²) in [4.78, 5) is 0. The number of nitrogens with zero attached hydrogens (tertiary/aromatic N) is 2. The summed E-state index contributed by atoms with van der Waals surface area (Å²) in [5, 5.41) is 4.02. The van der Waals surface area contributed by atoms with Gasteiger partial charge in [0.05, 0.1) is 17.0 Å². The van der Waals surface area contributed by atoms with Gasteiger partial charge in [-0.15, -0.1) is 0 Å². The Morgan fingerprint density at radius 1 is 1.08 bits per heavy atom. The van der Waals surface area contributed by atoms with Gasteiger partial charge in [-0.2, -0.15) is 22.7 Å². The molecule has 0 aromatic heterocycles. The summed E-state index contributed by atoms with van der Waals surface area (Å²) in [7, 11) is -2.71. The summed E-state index contributed by atoms with van der Waals surface area (Å²) < 4.78 is 77.2. The molecule has 0 amide bonds. The standard InChI is InChI=1S/C16H12F4N2O2S/c1-22-21-15(10-2-5-13(17)6-3-10)14-7-4-12(16(18,19)20)8-11(14)9-25(22,23)24/h2-8H,9H2,1H3. The fourth-order valence-corrected chi connectivity index (χ4v) is 3.51. The Morgan fingerprint density at radius 2 is 1.72 bits per heavy atom. The quantitative estimate of drug-likeness (QED) is 0.721. The van der Waals surface area contributed by atoms with Crippen LogP contribution in [0.25, 0.3) is 0 Å². The predicted molar refractivity (Wildman–Crippen MR) is 83.9 cm³/mol. The van der Waals surface area contributed by atoms with Crippen molar-refractivity contribution in [2.75, 3.05) is 7.05 Å². The largest absolute Gasteiger partial charge is 0.416 e. The third-order valence-electron chi connectivity index (χ3n) is 3.79. The molecule has 0 spiro atoms. The maximum atomic E-state index is 13.1. The summed E-state index contributed by atoms with van der Waals surface area (Å²) in [6.45, 7) is 0. The third-order valence-corrected chi connectivity index (χ3v) is 5.35. The average Bonchev–Trinajstić information content (AvgIpc) is 2.61. The van der Waals surface area contributed by atoms with Gasteiger partial charge in [-0.1, -0.05) is 6.07 Å². The number of hydrogen-bond acceptors (Lipinski definition) is 3. The van der Waals surface area contributed by atoms with E-state index in [-0.39, 0.29) is 16.8 Å². The number of hydrogen-bond donors (Lipinski definition) is 0. The molecule has 0 N–H and O–H groups in total. The SMILES string of the molecule is CN1N=C(c2ccc(F)cc2)c2ccc(C(F)(F)F)cc2CS1(=O)=O. The smallest absolute Gasteiger partial charge is 0.207 e. The van der Waals surface area contributed by atoms with E-state index in [1.807, 2.05) is 0 Å². The van der Waals surface area contributed by atoms with Crippen LogP contribution in [0.5, 0.6) is 0 Å². The lowest BCUT2D eigenvalue weighted by molar-refractivity contribution is -0.137. The summed E-state index contributed by atoms with van der Waals surface area (Å²) in [5.74, 6) is -1.11. The lowest BCUT2D eigenvalue weighted by Gasteiger charge is -2.12. The number of halogens is 4. The van der Waals surface area contributed by atoms with Gasteiger partial charge in [0.25, 0.3) is 10.0 Å². The van der Waals surface area contributed by atoms with Gasteiger partial charge in [-0.3, -0.25) is 0 Å². The normalized spacial score (nSPS) is 16.8. The molecule has 1 aliphatic rings. The van der Waals surface area contributed by atoms with Crippen LogP contribution in [0.4, 0.5) is 17.6 Å². The second-order valence-electron chi connectivity index (χ2n) is 5.52. The summed E-state index contributed by atoms with van der Waals surface area (Å²) in [6.07, 6.45) is -4.59. The third kappa shape index (κ3) is 3.37. The Kier molecular flexibility index (Phi) is 4.06. The number of sulfonamides is 1. The monoisotopic (exact) mass is 372 g/mol. The Labute approximate surface area is 141 Å². The predicted octanol–water partition coefficient (Wildman–Crippen LogP) is 3.37. The molecule has 3 rings (SSSR count). The maximum absolute atomic E-state index is 13.1. The van der Waals surface area contributed by atoms with Crippen molar-refractivity contribution in [1.29, 1.82) is 0 Å². The van der Waals surface area contributed by atoms with Gasteiger partial charge >= 0.3 is 6.18 Å². The molecule has 0 fully saturated rings. The van der Waals surface area contributed by atoms with Gasteiger partial charge in [0, 0.05) is 18.2 Å². The number of alkyl halides is 3. The van der Waals surface area contributed by atoms with Crippen LogP contribution in [0.1, 0.15) is 22.3 Å². The van der Waals surface area contributed by atoms with Crippen LogP contribution < -0.4 is 0 Å². The zero-order valence-corrected chi connectivity index (χ0v) is 13.7. The first-order valence-corrected chi connectivity index (χ1v) is 8.70. The first-order valence-electron chi connectivity index (χ1n) is 7.09. The fourth-order valence-electron chi connectivity index (χ4n) is 2.49. The second kappa shape index (κ2) is 5.83. The summed E-state index contributed by atoms with van der Waals surface area (Å²) in [5.41, 5.74) is -0.141. The molecule has 2 aromatic carbocycles. The minimum absolute atomic E-state index is 0.0118. The molecule has 9 heteroatoms. The molecule has 0 saturated heterocycles. The van der Waals surface area contributed by atoms with Gasteiger partial charge in [-0.25, -0.2) is 12.8 Å². The van der Waals surface area contributed by atoms with Crippen LogP contribution in [0.2, 0.25) is 0 Å². The lowest BCUT2D eigenvalue weighted by Crippen LogP contribution is -2.22. The van der Waals surface area contributed by atoms with E-state index >= 15 is 0 Å². The van der Waals surface area contributed by atoms with Crippen molar-refractivity contribution in [3.05, 3.63) is 70.5 Å². The van der Waals surface area contributed by atoms with Crippen LogP contribution in [0.3, 0.4) is 0 Å². The molecule has 0 saturated carbocycles. The Bertz CT molecular complexity index is 951. The zero-order valence-electron chi connectivity index (χ0n) is 12.9. The molecule has 0 atom stereocenters. The summed E-state index contributed by atoms with van der Waals surface area (Å²) in [6, 6.07) is 7.99. The number of rotatable bonds is 1. The maximum Gasteiger partial charge on any atom is 0.416 e. The highest BCUT2D eigenvalue weighted by Crippen LogP contribution is 2.33. The molecule has 25 heavy (non-hydrogen) atoms. The number of benzene rings is 2. The highest BCUT2D eigenvalue weighted by Gasteiger charge is 2.33. The molecule has 1 aliphatic heterocycles. The topological polar surface area (TPSA) is 49.7 Å². The first kappa shape index (κ1) is 17.4. The van der Waals surface area contributed by atoms with E-state index in [9.17, 15) is 26.0 Å². The van der Waals surface area contributed by atoms with E-state index in [1.165, 1.54) is 37.4 Å². The number of hydrazone groups is 1. The lowest BCUT2D eigenvalue weighted by atomic mass is 9.96. The van der Waals surface area contributed by atoms with Crippen LogP contribution in [-0.2, 0) is 22.0 Å². The van der Waals surface area contributed by atoms with Crippen molar-refractivity contribution in [3.63, 3.8) is 0 Å². The van der Waals surface area contributed by atoms with E-state index in [0.717, 1.165) is 16.5 Å². The second-order valence-corrected chi connectivity index (χ2v) is 7.50. The van der Waals surface area contributed by atoms with Gasteiger partial charge < -0.3 is 0 Å². The molecule has 0 radical (unpaired) electrons. The Morgan fingerprint density at radius 3 is 2.32 bits per heavy atom. The van der Waals surface area contributed by atoms with E-state index in [2.05, 4.69) is 5.10 Å². The molecule has 4 nitrogen and oxygen atoms in total. The van der Waals surface area contributed by atoms with Crippen molar-refractivity contribution in [3.8, 4) is 0 Å². The van der Waals surface area contributed by atoms with Crippen molar-refractivity contribution >= 4 is 15.7 Å². The van der Waals surface area contributed by atoms with E-state index in [0.29, 0.717) is 5.56 Å². The Hall–Kier alpha value is -2.42. The van der Waals surface area contributed by atoms with Crippen LogP contribution in [0, 0.1) is 5.82 Å². The van der Waals surface area contributed by atoms with Gasteiger partial charge in [-0.05, 0) is 42.0 Å². The van der Waals surface area contributed by atoms with Crippen LogP contribution in [-0.4, -0.2) is 25.6 Å². The minimum atomic E-state index is -4.59. The molecular weight excluding hydrogens is 360 g/mol. The van der Waals surface area contributed by atoms with E-state index < -0.39 is 33.3 Å². The fraction of sp³-hybridized carbons (Fsp3) is 0.188. The van der Waals surface area contributed by atoms with Gasteiger partial charge in [0.1, 0.15) is 5.82 Å². The average molecular weight is 372 g/mol. The molecular formula is C16H12F4N2O2S. The van der Waals surface area contributed by atoms with Crippen molar-refractivity contribution in [2.24, 2.45) is 5.10 Å². The molecule has 132 valence electrons. The number of fused-ring (bicyclic) bond motifs is 1. The molecule has 0 bridgehead atoms. The van der Waals surface area contributed by atoms with Gasteiger partial charge in [0.15, 0.2) is 0 Å². The van der Waals surface area contributed by atoms with Crippen LogP contribution >= 0.6 is 0 Å². The highest BCUT2D eigenvalue weighted by atomic mass is 32.2. The first-order chi connectivity index (χ1) is 11.6. The minimum Gasteiger partial charge on any atom is -0.207 e. The zero-order chi connectivity index (χ0) is 18.4. The van der Waals surface area contributed by atoms with E-state index in [4.69, 9.17) is 0 Å². The Balaban J connectivity index is 2.24. The van der Waals surface area contributed by atoms with Crippen molar-refractivity contribution < 1.29 is 26.0 Å². The highest BCUT2D eigenvalue weighted by molar-refractivity contribution is 7.88. The van der Waals surface area contributed by atoms with Crippen molar-refractivity contribution in [2.45, 2.75) is 11.9 Å². The molecule has 0 unspecified atom stereocenters. The summed E-state index contributed by atoms with van der Waals surface area (Å²) >= 11 is 0. The molecule has 1 heterocycles. The van der Waals surface area contributed by atoms with Gasteiger partial charge in [0.2, 0.25) is 0 Å². The van der Waals surface area contributed by atoms with Crippen molar-refractivity contribution in [1.82, 2.24) is 4.41 Å².